The van der Waals surface area contributed by atoms with Crippen LogP contribution in [0.4, 0.5) is 4.39 Å². The SMILES string of the molecule is CCNC(=NCCCSc1ccc(F)cc1)NCCCCn1ccnc1C. The first kappa shape index (κ1) is 21.3. The number of rotatable bonds is 11. The molecule has 0 atom stereocenters. The number of nitrogens with one attached hydrogen (secondary N) is 2. The van der Waals surface area contributed by atoms with Crippen LogP contribution in [0.2, 0.25) is 0 Å². The number of aryl methyl sites for hydroxylation is 2. The van der Waals surface area contributed by atoms with Crippen LogP contribution < -0.4 is 10.6 Å². The fraction of sp³-hybridized carbons (Fsp3) is 0.500. The lowest BCUT2D eigenvalue weighted by Gasteiger charge is -2.11. The van der Waals surface area contributed by atoms with Gasteiger partial charge in [0.15, 0.2) is 5.96 Å². The van der Waals surface area contributed by atoms with E-state index in [9.17, 15) is 4.39 Å². The van der Waals surface area contributed by atoms with Crippen LogP contribution in [-0.2, 0) is 6.54 Å². The lowest BCUT2D eigenvalue weighted by Crippen LogP contribution is -2.38. The Morgan fingerprint density at radius 2 is 2.00 bits per heavy atom. The Labute approximate surface area is 165 Å². The second-order valence-electron chi connectivity index (χ2n) is 6.22. The molecule has 0 radical (unpaired) electrons. The summed E-state index contributed by atoms with van der Waals surface area (Å²) in [5.41, 5.74) is 0. The Morgan fingerprint density at radius 1 is 1.19 bits per heavy atom. The van der Waals surface area contributed by atoms with E-state index in [1.165, 1.54) is 12.1 Å². The van der Waals surface area contributed by atoms with E-state index in [1.54, 1.807) is 11.8 Å². The molecule has 2 aromatic rings. The summed E-state index contributed by atoms with van der Waals surface area (Å²) < 4.78 is 15.1. The van der Waals surface area contributed by atoms with Crippen LogP contribution >= 0.6 is 11.8 Å². The third-order valence-electron chi connectivity index (χ3n) is 4.04. The first-order chi connectivity index (χ1) is 13.2. The Bertz CT molecular complexity index is 684. The molecular weight excluding hydrogens is 361 g/mol. The number of hydrogen-bond donors (Lipinski definition) is 2. The Hall–Kier alpha value is -2.02. The fourth-order valence-electron chi connectivity index (χ4n) is 2.57. The molecule has 1 heterocycles. The highest BCUT2D eigenvalue weighted by Gasteiger charge is 1.99. The van der Waals surface area contributed by atoms with Crippen LogP contribution in [0.25, 0.3) is 0 Å². The molecule has 0 aliphatic heterocycles. The van der Waals surface area contributed by atoms with Crippen molar-refractivity contribution < 1.29 is 4.39 Å². The lowest BCUT2D eigenvalue weighted by atomic mass is 10.3. The van der Waals surface area contributed by atoms with Crippen LogP contribution in [0.3, 0.4) is 0 Å². The zero-order chi connectivity index (χ0) is 19.3. The van der Waals surface area contributed by atoms with Gasteiger partial charge in [-0.3, -0.25) is 4.99 Å². The van der Waals surface area contributed by atoms with Crippen molar-refractivity contribution in [1.29, 1.82) is 0 Å². The fourth-order valence-corrected chi connectivity index (χ4v) is 3.41. The summed E-state index contributed by atoms with van der Waals surface area (Å²) in [6, 6.07) is 6.64. The molecule has 148 valence electrons. The molecule has 5 nitrogen and oxygen atoms in total. The quantitative estimate of drug-likeness (QED) is 0.264. The van der Waals surface area contributed by atoms with E-state index in [0.717, 1.165) is 67.9 Å². The summed E-state index contributed by atoms with van der Waals surface area (Å²) in [5.74, 6) is 2.73. The van der Waals surface area contributed by atoms with Gasteiger partial charge in [-0.25, -0.2) is 9.37 Å². The first-order valence-electron chi connectivity index (χ1n) is 9.57. The minimum atomic E-state index is -0.189. The van der Waals surface area contributed by atoms with Gasteiger partial charge in [-0.15, -0.1) is 11.8 Å². The molecule has 27 heavy (non-hydrogen) atoms. The summed E-state index contributed by atoms with van der Waals surface area (Å²) in [4.78, 5) is 9.96. The molecule has 2 N–H and O–H groups in total. The second kappa shape index (κ2) is 12.4. The smallest absolute Gasteiger partial charge is 0.191 e. The number of benzene rings is 1. The van der Waals surface area contributed by atoms with Crippen molar-refractivity contribution in [1.82, 2.24) is 20.2 Å². The molecule has 0 saturated heterocycles. The van der Waals surface area contributed by atoms with Gasteiger partial charge in [0.1, 0.15) is 11.6 Å². The maximum Gasteiger partial charge on any atom is 0.191 e. The second-order valence-corrected chi connectivity index (χ2v) is 7.39. The predicted molar refractivity (Wildman–Crippen MR) is 112 cm³/mol. The van der Waals surface area contributed by atoms with Crippen LogP contribution in [0.15, 0.2) is 46.5 Å². The summed E-state index contributed by atoms with van der Waals surface area (Å²) >= 11 is 1.73. The van der Waals surface area contributed by atoms with Crippen LogP contribution in [0.1, 0.15) is 32.0 Å². The maximum atomic E-state index is 12.9. The minimum Gasteiger partial charge on any atom is -0.357 e. The van der Waals surface area contributed by atoms with Crippen molar-refractivity contribution in [3.8, 4) is 0 Å². The van der Waals surface area contributed by atoms with Crippen molar-refractivity contribution >= 4 is 17.7 Å². The molecule has 0 amide bonds. The predicted octanol–water partition coefficient (Wildman–Crippen LogP) is 3.85. The molecule has 0 saturated carbocycles. The molecule has 0 aliphatic rings. The number of aromatic nitrogens is 2. The van der Waals surface area contributed by atoms with Crippen LogP contribution in [0, 0.1) is 12.7 Å². The summed E-state index contributed by atoms with van der Waals surface area (Å²) in [5, 5.41) is 6.68. The molecular formula is C20H30FN5S. The van der Waals surface area contributed by atoms with Gasteiger partial charge in [-0.05, 0) is 63.1 Å². The third kappa shape index (κ3) is 8.47. The highest BCUT2D eigenvalue weighted by atomic mass is 32.2. The molecule has 1 aromatic carbocycles. The van der Waals surface area contributed by atoms with E-state index < -0.39 is 0 Å². The first-order valence-corrected chi connectivity index (χ1v) is 10.6. The summed E-state index contributed by atoms with van der Waals surface area (Å²) in [6.45, 7) is 7.64. The number of nitrogens with zero attached hydrogens (tertiary/aromatic N) is 3. The number of aliphatic imine (C=N–C) groups is 1. The molecule has 0 fully saturated rings. The Kier molecular flexibility index (Phi) is 9.76. The van der Waals surface area contributed by atoms with E-state index in [4.69, 9.17) is 0 Å². The van der Waals surface area contributed by atoms with Crippen molar-refractivity contribution in [2.24, 2.45) is 4.99 Å². The monoisotopic (exact) mass is 391 g/mol. The number of guanidine groups is 1. The molecule has 0 aliphatic carbocycles. The largest absolute Gasteiger partial charge is 0.357 e. The lowest BCUT2D eigenvalue weighted by molar-refractivity contribution is 0.588. The van der Waals surface area contributed by atoms with Crippen LogP contribution in [0.5, 0.6) is 0 Å². The number of thioether (sulfide) groups is 1. The maximum absolute atomic E-state index is 12.9. The Morgan fingerprint density at radius 3 is 2.70 bits per heavy atom. The average molecular weight is 392 g/mol. The van der Waals surface area contributed by atoms with Crippen molar-refractivity contribution in [2.75, 3.05) is 25.4 Å². The molecule has 2 rings (SSSR count). The number of imidazole rings is 1. The van der Waals surface area contributed by atoms with E-state index >= 15 is 0 Å². The van der Waals surface area contributed by atoms with Crippen LogP contribution in [-0.4, -0.2) is 40.9 Å². The van der Waals surface area contributed by atoms with E-state index in [-0.39, 0.29) is 5.82 Å². The standard InChI is InChI=1S/C20H30FN5S/c1-3-22-20(24-11-4-5-14-26-15-13-23-17(26)2)25-12-6-16-27-19-9-7-18(21)8-10-19/h7-10,13,15H,3-6,11-12,14,16H2,1-2H3,(H2,22,24,25). The molecule has 1 aromatic heterocycles. The highest BCUT2D eigenvalue weighted by Crippen LogP contribution is 2.18. The number of hydrogen-bond acceptors (Lipinski definition) is 3. The summed E-state index contributed by atoms with van der Waals surface area (Å²) in [7, 11) is 0. The zero-order valence-corrected chi connectivity index (χ0v) is 17.1. The zero-order valence-electron chi connectivity index (χ0n) is 16.2. The van der Waals surface area contributed by atoms with E-state index in [2.05, 4.69) is 32.1 Å². The van der Waals surface area contributed by atoms with E-state index in [1.807, 2.05) is 31.5 Å². The normalized spacial score (nSPS) is 11.6. The van der Waals surface area contributed by atoms with Gasteiger partial charge in [0.2, 0.25) is 0 Å². The third-order valence-corrected chi connectivity index (χ3v) is 5.14. The van der Waals surface area contributed by atoms with Crippen molar-refractivity contribution in [3.63, 3.8) is 0 Å². The highest BCUT2D eigenvalue weighted by molar-refractivity contribution is 7.99. The number of unbranched alkanes of at least 4 members (excludes halogenated alkanes) is 1. The molecule has 0 bridgehead atoms. The Balaban J connectivity index is 1.60. The summed E-state index contributed by atoms with van der Waals surface area (Å²) in [6.07, 6.45) is 7.05. The molecule has 0 unspecified atom stereocenters. The minimum absolute atomic E-state index is 0.189. The molecule has 7 heteroatoms. The van der Waals surface area contributed by atoms with Crippen molar-refractivity contribution in [3.05, 3.63) is 48.3 Å². The van der Waals surface area contributed by atoms with Gasteiger partial charge in [-0.2, -0.15) is 0 Å². The van der Waals surface area contributed by atoms with Gasteiger partial charge in [-0.1, -0.05) is 0 Å². The van der Waals surface area contributed by atoms with Crippen molar-refractivity contribution in [2.45, 2.75) is 44.6 Å². The molecule has 0 spiro atoms. The van der Waals surface area contributed by atoms with Gasteiger partial charge in [0.25, 0.3) is 0 Å². The van der Waals surface area contributed by atoms with E-state index in [0.29, 0.717) is 0 Å². The van der Waals surface area contributed by atoms with Gasteiger partial charge in [0.05, 0.1) is 0 Å². The number of halogens is 1. The van der Waals surface area contributed by atoms with Gasteiger partial charge >= 0.3 is 0 Å². The van der Waals surface area contributed by atoms with Gasteiger partial charge < -0.3 is 15.2 Å². The topological polar surface area (TPSA) is 54.2 Å². The van der Waals surface area contributed by atoms with Gasteiger partial charge in [0, 0.05) is 43.5 Å². The average Bonchev–Trinajstić information content (AvgIpc) is 3.07.